The van der Waals surface area contributed by atoms with Crippen LogP contribution in [0.3, 0.4) is 0 Å². The van der Waals surface area contributed by atoms with Gasteiger partial charge in [0.1, 0.15) is 23.0 Å². The van der Waals surface area contributed by atoms with Crippen molar-refractivity contribution in [2.45, 2.75) is 51.4 Å². The predicted molar refractivity (Wildman–Crippen MR) is 71.2 cm³/mol. The van der Waals surface area contributed by atoms with Gasteiger partial charge < -0.3 is 10.2 Å². The molecule has 1 aromatic rings. The molecular weight excluding hydrogens is 309 g/mol. The largest absolute Gasteiger partial charge is 0.465 e. The van der Waals surface area contributed by atoms with E-state index in [2.05, 4.69) is 0 Å². The number of sulfonamides is 1. The van der Waals surface area contributed by atoms with Crippen molar-refractivity contribution in [1.82, 2.24) is 4.31 Å². The Hall–Kier alpha value is -1.06. The van der Waals surface area contributed by atoms with Crippen LogP contribution in [-0.4, -0.2) is 31.5 Å². The highest BCUT2D eigenvalue weighted by Gasteiger charge is 2.40. The first-order valence-corrected chi connectivity index (χ1v) is 7.73. The van der Waals surface area contributed by atoms with E-state index in [0.717, 1.165) is 0 Å². The molecule has 0 atom stereocenters. The average Bonchev–Trinajstić information content (AvgIpc) is 2.59. The van der Waals surface area contributed by atoms with E-state index in [1.54, 1.807) is 0 Å². The zero-order valence-corrected chi connectivity index (χ0v) is 13.1. The summed E-state index contributed by atoms with van der Waals surface area (Å²) < 4.78 is 68.7. The number of alkyl halides is 3. The van der Waals surface area contributed by atoms with Crippen LogP contribution in [0, 0.1) is 13.8 Å². The fraction of sp³-hybridized carbons (Fsp3) is 0.667. The molecule has 1 aromatic heterocycles. The third kappa shape index (κ3) is 3.78. The van der Waals surface area contributed by atoms with E-state index >= 15 is 0 Å². The van der Waals surface area contributed by atoms with Crippen LogP contribution in [0.2, 0.25) is 0 Å². The summed E-state index contributed by atoms with van der Waals surface area (Å²) in [6.45, 7) is 4.00. The Bertz CT molecular complexity index is 606. The van der Waals surface area contributed by atoms with Crippen LogP contribution in [-0.2, 0) is 16.6 Å². The number of rotatable bonds is 5. The standard InChI is InChI=1S/C12H19F3N2O3S/c1-7(2)17(6-12(13,14)15)21(18,19)11-9(4)20-8(3)10(11)5-16/h7H,5-6,16H2,1-4H3. The minimum atomic E-state index is -4.63. The third-order valence-corrected chi connectivity index (χ3v) is 5.22. The highest BCUT2D eigenvalue weighted by molar-refractivity contribution is 7.89. The zero-order chi connectivity index (χ0) is 16.6. The monoisotopic (exact) mass is 328 g/mol. The van der Waals surface area contributed by atoms with E-state index in [9.17, 15) is 21.6 Å². The average molecular weight is 328 g/mol. The number of hydrogen-bond acceptors (Lipinski definition) is 4. The van der Waals surface area contributed by atoms with Gasteiger partial charge in [-0.2, -0.15) is 17.5 Å². The van der Waals surface area contributed by atoms with Gasteiger partial charge in [0.05, 0.1) is 0 Å². The molecule has 122 valence electrons. The molecule has 0 unspecified atom stereocenters. The molecule has 0 aliphatic carbocycles. The molecule has 0 saturated carbocycles. The molecule has 21 heavy (non-hydrogen) atoms. The van der Waals surface area contributed by atoms with Gasteiger partial charge in [-0.1, -0.05) is 0 Å². The smallest absolute Gasteiger partial charge is 0.402 e. The lowest BCUT2D eigenvalue weighted by Gasteiger charge is -2.27. The molecule has 0 aliphatic rings. The molecule has 1 rings (SSSR count). The van der Waals surface area contributed by atoms with E-state index in [1.165, 1.54) is 27.7 Å². The number of nitrogens with two attached hydrogens (primary N) is 1. The van der Waals surface area contributed by atoms with Crippen LogP contribution < -0.4 is 5.73 Å². The van der Waals surface area contributed by atoms with Gasteiger partial charge in [0.25, 0.3) is 0 Å². The Labute approximate surface area is 122 Å². The molecule has 0 saturated heterocycles. The molecule has 0 amide bonds. The molecular formula is C12H19F3N2O3S. The molecule has 0 fully saturated rings. The fourth-order valence-corrected chi connectivity index (χ4v) is 4.17. The first-order valence-electron chi connectivity index (χ1n) is 6.29. The second-order valence-corrected chi connectivity index (χ2v) is 6.81. The van der Waals surface area contributed by atoms with Gasteiger partial charge >= 0.3 is 6.18 Å². The SMILES string of the molecule is Cc1oc(C)c(S(=O)(=O)N(CC(F)(F)F)C(C)C)c1CN. The van der Waals surface area contributed by atoms with Gasteiger partial charge in [0.15, 0.2) is 0 Å². The quantitative estimate of drug-likeness (QED) is 0.900. The molecule has 1 heterocycles. The van der Waals surface area contributed by atoms with E-state index in [1.807, 2.05) is 0 Å². The number of hydrogen-bond donors (Lipinski definition) is 1. The van der Waals surface area contributed by atoms with Gasteiger partial charge in [-0.3, -0.25) is 0 Å². The molecule has 0 aromatic carbocycles. The van der Waals surface area contributed by atoms with E-state index < -0.39 is 28.8 Å². The minimum absolute atomic E-state index is 0.0424. The normalized spacial score (nSPS) is 13.4. The van der Waals surface area contributed by atoms with Crippen molar-refractivity contribution in [3.8, 4) is 0 Å². The number of nitrogens with zero attached hydrogens (tertiary/aromatic N) is 1. The number of halogens is 3. The number of aryl methyl sites for hydroxylation is 2. The highest BCUT2D eigenvalue weighted by Crippen LogP contribution is 2.31. The van der Waals surface area contributed by atoms with E-state index in [4.69, 9.17) is 10.2 Å². The summed E-state index contributed by atoms with van der Waals surface area (Å²) in [6.07, 6.45) is -4.63. The lowest BCUT2D eigenvalue weighted by molar-refractivity contribution is -0.138. The van der Waals surface area contributed by atoms with Crippen molar-refractivity contribution in [2.24, 2.45) is 5.73 Å². The summed E-state index contributed by atoms with van der Waals surface area (Å²) in [5.74, 6) is 0.338. The van der Waals surface area contributed by atoms with E-state index in [0.29, 0.717) is 10.1 Å². The molecule has 0 radical (unpaired) electrons. The van der Waals surface area contributed by atoms with Crippen molar-refractivity contribution >= 4 is 10.0 Å². The zero-order valence-electron chi connectivity index (χ0n) is 12.3. The van der Waals surface area contributed by atoms with Gasteiger partial charge in [-0.25, -0.2) is 8.42 Å². The topological polar surface area (TPSA) is 76.5 Å². The van der Waals surface area contributed by atoms with Crippen LogP contribution in [0.1, 0.15) is 30.9 Å². The van der Waals surface area contributed by atoms with Gasteiger partial charge in [-0.15, -0.1) is 0 Å². The molecule has 5 nitrogen and oxygen atoms in total. The maximum absolute atomic E-state index is 12.6. The van der Waals surface area contributed by atoms with Crippen molar-refractivity contribution in [2.75, 3.05) is 6.54 Å². The maximum Gasteiger partial charge on any atom is 0.402 e. The lowest BCUT2D eigenvalue weighted by atomic mass is 10.2. The first-order chi connectivity index (χ1) is 9.41. The Balaban J connectivity index is 3.44. The molecule has 0 spiro atoms. The second-order valence-electron chi connectivity index (χ2n) is 4.99. The van der Waals surface area contributed by atoms with Gasteiger partial charge in [-0.05, 0) is 27.7 Å². The van der Waals surface area contributed by atoms with Crippen molar-refractivity contribution in [3.63, 3.8) is 0 Å². The first kappa shape index (κ1) is 18.0. The fourth-order valence-electron chi connectivity index (χ4n) is 2.12. The van der Waals surface area contributed by atoms with Crippen molar-refractivity contribution in [3.05, 3.63) is 17.1 Å². The second kappa shape index (κ2) is 5.98. The Kier molecular flexibility index (Phi) is 5.12. The van der Waals surface area contributed by atoms with Crippen molar-refractivity contribution in [1.29, 1.82) is 0 Å². The molecule has 0 aliphatic heterocycles. The van der Waals surface area contributed by atoms with Crippen molar-refractivity contribution < 1.29 is 26.0 Å². The lowest BCUT2D eigenvalue weighted by Crippen LogP contribution is -2.43. The van der Waals surface area contributed by atoms with Crippen LogP contribution >= 0.6 is 0 Å². The summed E-state index contributed by atoms with van der Waals surface area (Å²) in [5.41, 5.74) is 5.71. The Morgan fingerprint density at radius 1 is 1.24 bits per heavy atom. The summed E-state index contributed by atoms with van der Waals surface area (Å²) in [6, 6.07) is -0.850. The summed E-state index contributed by atoms with van der Waals surface area (Å²) in [4.78, 5) is -0.263. The highest BCUT2D eigenvalue weighted by atomic mass is 32.2. The van der Waals surface area contributed by atoms with Crippen LogP contribution in [0.5, 0.6) is 0 Å². The van der Waals surface area contributed by atoms with Gasteiger partial charge in [0, 0.05) is 18.2 Å². The summed E-state index contributed by atoms with van der Waals surface area (Å²) >= 11 is 0. The molecule has 9 heteroatoms. The Morgan fingerprint density at radius 2 is 1.76 bits per heavy atom. The van der Waals surface area contributed by atoms with Crippen LogP contribution in [0.4, 0.5) is 13.2 Å². The van der Waals surface area contributed by atoms with Gasteiger partial charge in [0.2, 0.25) is 10.0 Å². The Morgan fingerprint density at radius 3 is 2.14 bits per heavy atom. The summed E-state index contributed by atoms with van der Waals surface area (Å²) in [5, 5.41) is 0. The van der Waals surface area contributed by atoms with Crippen LogP contribution in [0.15, 0.2) is 9.31 Å². The predicted octanol–water partition coefficient (Wildman–Crippen LogP) is 2.32. The van der Waals surface area contributed by atoms with Crippen LogP contribution in [0.25, 0.3) is 0 Å². The molecule has 0 bridgehead atoms. The molecule has 2 N–H and O–H groups in total. The van der Waals surface area contributed by atoms with E-state index in [-0.39, 0.29) is 22.8 Å². The number of furan rings is 1. The minimum Gasteiger partial charge on any atom is -0.465 e. The summed E-state index contributed by atoms with van der Waals surface area (Å²) in [7, 11) is -4.35. The third-order valence-electron chi connectivity index (χ3n) is 3.01. The maximum atomic E-state index is 12.6.